The molecular formula is C20H18N6O3S. The van der Waals surface area contributed by atoms with Gasteiger partial charge in [0.05, 0.1) is 33.5 Å². The molecule has 0 aliphatic heterocycles. The van der Waals surface area contributed by atoms with E-state index in [4.69, 9.17) is 5.26 Å². The van der Waals surface area contributed by atoms with Crippen molar-refractivity contribution in [1.29, 1.82) is 5.26 Å². The van der Waals surface area contributed by atoms with Gasteiger partial charge in [-0.2, -0.15) is 5.26 Å². The first-order valence-electron chi connectivity index (χ1n) is 8.73. The first-order chi connectivity index (χ1) is 14.3. The van der Waals surface area contributed by atoms with E-state index < -0.39 is 15.7 Å². The van der Waals surface area contributed by atoms with Crippen LogP contribution in [-0.4, -0.2) is 37.6 Å². The fourth-order valence-corrected chi connectivity index (χ4v) is 3.53. The third-order valence-corrected chi connectivity index (χ3v) is 5.23. The van der Waals surface area contributed by atoms with Crippen LogP contribution in [0.25, 0.3) is 0 Å². The van der Waals surface area contributed by atoms with Gasteiger partial charge in [-0.05, 0) is 24.3 Å². The van der Waals surface area contributed by atoms with Gasteiger partial charge in [-0.25, -0.2) is 18.4 Å². The molecule has 0 aliphatic carbocycles. The Kier molecular flexibility index (Phi) is 5.94. The Morgan fingerprint density at radius 3 is 2.47 bits per heavy atom. The quantitative estimate of drug-likeness (QED) is 0.551. The summed E-state index contributed by atoms with van der Waals surface area (Å²) in [6.45, 7) is 0. The molecule has 0 atom stereocenters. The van der Waals surface area contributed by atoms with Gasteiger partial charge in [0, 0.05) is 31.8 Å². The molecule has 0 unspecified atom stereocenters. The number of rotatable bonds is 6. The molecule has 0 spiro atoms. The van der Waals surface area contributed by atoms with Crippen molar-refractivity contribution >= 4 is 38.8 Å². The summed E-state index contributed by atoms with van der Waals surface area (Å²) in [5.74, 6) is 0.360. The average molecular weight is 422 g/mol. The summed E-state index contributed by atoms with van der Waals surface area (Å²) >= 11 is 0. The molecule has 0 aliphatic rings. The SMILES string of the molecule is CNC(=O)c1cnc(Nc2cc(C#N)ccn2)cc1Nc1ccccc1S(C)(=O)=O. The molecular weight excluding hydrogens is 404 g/mol. The topological polar surface area (TPSA) is 137 Å². The largest absolute Gasteiger partial charge is 0.355 e. The normalized spacial score (nSPS) is 10.7. The highest BCUT2D eigenvalue weighted by atomic mass is 32.2. The molecule has 0 radical (unpaired) electrons. The molecule has 0 fully saturated rings. The number of anilines is 4. The number of amides is 1. The van der Waals surface area contributed by atoms with Crippen LogP contribution in [0.5, 0.6) is 0 Å². The van der Waals surface area contributed by atoms with Crippen molar-refractivity contribution in [2.75, 3.05) is 23.9 Å². The monoisotopic (exact) mass is 422 g/mol. The van der Waals surface area contributed by atoms with E-state index in [0.717, 1.165) is 6.26 Å². The van der Waals surface area contributed by atoms with Crippen LogP contribution in [0.1, 0.15) is 15.9 Å². The second-order valence-electron chi connectivity index (χ2n) is 6.25. The minimum Gasteiger partial charge on any atom is -0.355 e. The number of nitrogens with one attached hydrogen (secondary N) is 3. The van der Waals surface area contributed by atoms with Crippen molar-refractivity contribution in [3.8, 4) is 6.07 Å². The Morgan fingerprint density at radius 2 is 1.77 bits per heavy atom. The van der Waals surface area contributed by atoms with E-state index >= 15 is 0 Å². The lowest BCUT2D eigenvalue weighted by atomic mass is 10.2. The third-order valence-electron chi connectivity index (χ3n) is 4.08. The van der Waals surface area contributed by atoms with E-state index in [2.05, 4.69) is 25.9 Å². The second-order valence-corrected chi connectivity index (χ2v) is 8.24. The van der Waals surface area contributed by atoms with E-state index in [-0.39, 0.29) is 10.5 Å². The van der Waals surface area contributed by atoms with E-state index in [1.165, 1.54) is 25.5 Å². The predicted octanol–water partition coefficient (Wildman–Crippen LogP) is 2.60. The summed E-state index contributed by atoms with van der Waals surface area (Å²) in [5, 5.41) is 17.5. The third kappa shape index (κ3) is 4.71. The number of nitrogens with zero attached hydrogens (tertiary/aromatic N) is 3. The first kappa shape index (κ1) is 20.8. The molecule has 1 amide bonds. The van der Waals surface area contributed by atoms with Crippen molar-refractivity contribution < 1.29 is 13.2 Å². The second kappa shape index (κ2) is 8.59. The lowest BCUT2D eigenvalue weighted by Gasteiger charge is -2.15. The van der Waals surface area contributed by atoms with Gasteiger partial charge in [0.1, 0.15) is 11.6 Å². The van der Waals surface area contributed by atoms with Crippen LogP contribution in [0, 0.1) is 11.3 Å². The fourth-order valence-electron chi connectivity index (χ4n) is 2.68. The van der Waals surface area contributed by atoms with Crippen LogP contribution < -0.4 is 16.0 Å². The van der Waals surface area contributed by atoms with Gasteiger partial charge >= 0.3 is 0 Å². The van der Waals surface area contributed by atoms with Crippen LogP contribution in [0.3, 0.4) is 0 Å². The number of benzene rings is 1. The molecule has 1 aromatic carbocycles. The zero-order valence-corrected chi connectivity index (χ0v) is 17.0. The van der Waals surface area contributed by atoms with Crippen molar-refractivity contribution in [2.45, 2.75) is 4.90 Å². The summed E-state index contributed by atoms with van der Waals surface area (Å²) in [5.41, 5.74) is 1.33. The summed E-state index contributed by atoms with van der Waals surface area (Å²) in [4.78, 5) is 20.7. The van der Waals surface area contributed by atoms with E-state index in [1.54, 1.807) is 36.4 Å². The van der Waals surface area contributed by atoms with Crippen LogP contribution in [0.15, 0.2) is 59.8 Å². The molecule has 30 heavy (non-hydrogen) atoms. The Hall–Kier alpha value is -3.97. The maximum Gasteiger partial charge on any atom is 0.254 e. The Bertz CT molecular complexity index is 1250. The van der Waals surface area contributed by atoms with Gasteiger partial charge in [-0.1, -0.05) is 12.1 Å². The van der Waals surface area contributed by atoms with Gasteiger partial charge in [0.2, 0.25) is 0 Å². The number of sulfone groups is 1. The standard InChI is InChI=1S/C20H18N6O3S/c1-22-20(27)14-12-24-19(26-18-9-13(11-21)7-8-23-18)10-16(14)25-15-5-3-4-6-17(15)30(2,28)29/h3-10,12H,1-2H3,(H,22,27)(H2,23,24,25,26). The van der Waals surface area contributed by atoms with Gasteiger partial charge in [0.15, 0.2) is 9.84 Å². The van der Waals surface area contributed by atoms with Gasteiger partial charge in [0.25, 0.3) is 5.91 Å². The first-order valence-corrected chi connectivity index (χ1v) is 10.6. The minimum atomic E-state index is -3.49. The van der Waals surface area contributed by atoms with E-state index in [0.29, 0.717) is 28.6 Å². The number of para-hydroxylation sites is 1. The molecule has 152 valence electrons. The number of hydrogen-bond acceptors (Lipinski definition) is 8. The van der Waals surface area contributed by atoms with Crippen molar-refractivity contribution in [2.24, 2.45) is 0 Å². The molecule has 9 nitrogen and oxygen atoms in total. The highest BCUT2D eigenvalue weighted by Gasteiger charge is 2.17. The molecule has 10 heteroatoms. The number of aromatic nitrogens is 2. The predicted molar refractivity (Wildman–Crippen MR) is 113 cm³/mol. The number of carbonyl (C=O) groups is 1. The van der Waals surface area contributed by atoms with E-state index in [9.17, 15) is 13.2 Å². The van der Waals surface area contributed by atoms with Crippen molar-refractivity contribution in [1.82, 2.24) is 15.3 Å². The molecule has 2 aromatic heterocycles. The molecule has 2 heterocycles. The van der Waals surface area contributed by atoms with Gasteiger partial charge in [-0.15, -0.1) is 0 Å². The summed E-state index contributed by atoms with van der Waals surface area (Å²) in [6, 6.07) is 13.1. The average Bonchev–Trinajstić information content (AvgIpc) is 2.73. The van der Waals surface area contributed by atoms with Crippen molar-refractivity contribution in [3.05, 3.63) is 66.0 Å². The molecule has 0 saturated heterocycles. The van der Waals surface area contributed by atoms with Gasteiger partial charge < -0.3 is 16.0 Å². The molecule has 0 saturated carbocycles. The summed E-state index contributed by atoms with van der Waals surface area (Å²) in [7, 11) is -2.01. The zero-order valence-electron chi connectivity index (χ0n) is 16.2. The fraction of sp³-hybridized carbons (Fsp3) is 0.100. The van der Waals surface area contributed by atoms with Crippen LogP contribution >= 0.6 is 0 Å². The summed E-state index contributed by atoms with van der Waals surface area (Å²) < 4.78 is 24.2. The lowest BCUT2D eigenvalue weighted by molar-refractivity contribution is 0.0963. The maximum atomic E-state index is 12.3. The number of pyridine rings is 2. The van der Waals surface area contributed by atoms with Crippen LogP contribution in [0.4, 0.5) is 23.0 Å². The van der Waals surface area contributed by atoms with Crippen LogP contribution in [-0.2, 0) is 9.84 Å². The highest BCUT2D eigenvalue weighted by Crippen LogP contribution is 2.28. The van der Waals surface area contributed by atoms with Crippen LogP contribution in [0.2, 0.25) is 0 Å². The number of nitriles is 1. The molecule has 3 rings (SSSR count). The number of carbonyl (C=O) groups excluding carboxylic acids is 1. The smallest absolute Gasteiger partial charge is 0.254 e. The molecule has 3 N–H and O–H groups in total. The lowest BCUT2D eigenvalue weighted by Crippen LogP contribution is -2.20. The minimum absolute atomic E-state index is 0.0996. The molecule has 3 aromatic rings. The highest BCUT2D eigenvalue weighted by molar-refractivity contribution is 7.90. The Balaban J connectivity index is 2.03. The number of hydrogen-bond donors (Lipinski definition) is 3. The zero-order chi connectivity index (χ0) is 21.7. The molecule has 0 bridgehead atoms. The Labute approximate surface area is 173 Å². The van der Waals surface area contributed by atoms with E-state index in [1.807, 2.05) is 6.07 Å². The summed E-state index contributed by atoms with van der Waals surface area (Å²) in [6.07, 6.45) is 3.96. The Morgan fingerprint density at radius 1 is 1.03 bits per heavy atom. The van der Waals surface area contributed by atoms with Crippen molar-refractivity contribution in [3.63, 3.8) is 0 Å². The van der Waals surface area contributed by atoms with Gasteiger partial charge in [-0.3, -0.25) is 4.79 Å². The maximum absolute atomic E-state index is 12.3.